The van der Waals surface area contributed by atoms with Gasteiger partial charge in [-0.1, -0.05) is 75.8 Å². The van der Waals surface area contributed by atoms with Crippen LogP contribution in [0.15, 0.2) is 42.5 Å². The lowest BCUT2D eigenvalue weighted by Crippen LogP contribution is -2.14. The molecule has 2 heteroatoms. The smallest absolute Gasteiger partial charge is 0.159 e. The maximum Gasteiger partial charge on any atom is 0.159 e. The van der Waals surface area contributed by atoms with Crippen molar-refractivity contribution in [2.45, 2.75) is 84.0 Å². The molecule has 2 aromatic carbocycles. The van der Waals surface area contributed by atoms with E-state index >= 15 is 0 Å². The first-order valence-corrected chi connectivity index (χ1v) is 11.8. The van der Waals surface area contributed by atoms with Gasteiger partial charge in [-0.05, 0) is 73.3 Å². The Kier molecular flexibility index (Phi) is 8.26. The summed E-state index contributed by atoms with van der Waals surface area (Å²) in [6, 6.07) is 16.3. The Labute approximate surface area is 182 Å². The summed E-state index contributed by atoms with van der Waals surface area (Å²) < 4.78 is 0. The van der Waals surface area contributed by atoms with Crippen molar-refractivity contribution < 1.29 is 4.79 Å². The molecule has 0 atom stereocenters. The van der Waals surface area contributed by atoms with Crippen LogP contribution in [0.2, 0.25) is 0 Å². The third-order valence-corrected chi connectivity index (χ3v) is 6.79. The molecule has 1 aliphatic rings. The van der Waals surface area contributed by atoms with Crippen LogP contribution < -0.4 is 0 Å². The number of unbranched alkanes of at least 4 members (excludes halogenated alkanes) is 4. The standard InChI is InChI=1S/C28H35NO/c1-3-4-5-6-7-8-22-9-12-26(13-10-22)28-19-23(20-29)11-18-27(28)25-16-14-24(15-17-25)21(2)30/h11,14-19,22,26H,3-10,12-13H2,1-2H3. The van der Waals surface area contributed by atoms with E-state index in [1.165, 1.54) is 75.3 Å². The van der Waals surface area contributed by atoms with Crippen molar-refractivity contribution in [3.63, 3.8) is 0 Å². The number of hydrogen-bond donors (Lipinski definition) is 0. The summed E-state index contributed by atoms with van der Waals surface area (Å²) in [6.07, 6.45) is 13.3. The fraction of sp³-hybridized carbons (Fsp3) is 0.500. The van der Waals surface area contributed by atoms with Crippen LogP contribution in [-0.4, -0.2) is 5.78 Å². The van der Waals surface area contributed by atoms with Crippen molar-refractivity contribution in [1.82, 2.24) is 0 Å². The zero-order chi connectivity index (χ0) is 21.3. The highest BCUT2D eigenvalue weighted by Crippen LogP contribution is 2.41. The van der Waals surface area contributed by atoms with Gasteiger partial charge in [-0.25, -0.2) is 0 Å². The topological polar surface area (TPSA) is 40.9 Å². The summed E-state index contributed by atoms with van der Waals surface area (Å²) in [5.74, 6) is 1.49. The second kappa shape index (κ2) is 11.1. The average Bonchev–Trinajstić information content (AvgIpc) is 2.79. The van der Waals surface area contributed by atoms with Crippen LogP contribution >= 0.6 is 0 Å². The van der Waals surface area contributed by atoms with E-state index in [4.69, 9.17) is 0 Å². The van der Waals surface area contributed by atoms with Gasteiger partial charge in [0, 0.05) is 5.56 Å². The Morgan fingerprint density at radius 2 is 1.67 bits per heavy atom. The van der Waals surface area contributed by atoms with E-state index in [9.17, 15) is 10.1 Å². The largest absolute Gasteiger partial charge is 0.295 e. The van der Waals surface area contributed by atoms with Gasteiger partial charge in [0.15, 0.2) is 5.78 Å². The molecule has 2 nitrogen and oxygen atoms in total. The lowest BCUT2D eigenvalue weighted by atomic mass is 9.75. The number of hydrogen-bond acceptors (Lipinski definition) is 2. The minimum absolute atomic E-state index is 0.0922. The number of carbonyl (C=O) groups excluding carboxylic acids is 1. The first kappa shape index (κ1) is 22.3. The molecule has 0 aliphatic heterocycles. The van der Waals surface area contributed by atoms with Crippen molar-refractivity contribution in [2.24, 2.45) is 5.92 Å². The van der Waals surface area contributed by atoms with E-state index in [2.05, 4.69) is 25.1 Å². The first-order valence-electron chi connectivity index (χ1n) is 11.8. The molecule has 30 heavy (non-hydrogen) atoms. The van der Waals surface area contributed by atoms with E-state index < -0.39 is 0 Å². The Morgan fingerprint density at radius 1 is 0.967 bits per heavy atom. The SMILES string of the molecule is CCCCCCCC1CCC(c2cc(C#N)ccc2-c2ccc(C(C)=O)cc2)CC1. The zero-order valence-electron chi connectivity index (χ0n) is 18.6. The van der Waals surface area contributed by atoms with Gasteiger partial charge in [0.1, 0.15) is 0 Å². The molecule has 0 radical (unpaired) electrons. The van der Waals surface area contributed by atoms with E-state index in [0.29, 0.717) is 5.92 Å². The molecule has 158 valence electrons. The molecule has 0 aromatic heterocycles. The van der Waals surface area contributed by atoms with Crippen LogP contribution in [0.1, 0.15) is 105 Å². The molecular formula is C28H35NO. The highest BCUT2D eigenvalue weighted by molar-refractivity contribution is 5.94. The molecule has 0 N–H and O–H groups in total. The second-order valence-electron chi connectivity index (χ2n) is 8.97. The number of benzene rings is 2. The summed E-state index contributed by atoms with van der Waals surface area (Å²) >= 11 is 0. The molecule has 0 saturated heterocycles. The minimum Gasteiger partial charge on any atom is -0.295 e. The van der Waals surface area contributed by atoms with Crippen molar-refractivity contribution in [1.29, 1.82) is 5.26 Å². The molecule has 3 rings (SSSR count). The first-order chi connectivity index (χ1) is 14.6. The van der Waals surface area contributed by atoms with Gasteiger partial charge in [-0.15, -0.1) is 0 Å². The number of rotatable bonds is 9. The fourth-order valence-electron chi connectivity index (χ4n) is 4.92. The summed E-state index contributed by atoms with van der Waals surface area (Å²) in [5.41, 5.74) is 5.15. The number of ketones is 1. The van der Waals surface area contributed by atoms with Crippen molar-refractivity contribution in [2.75, 3.05) is 0 Å². The third-order valence-electron chi connectivity index (χ3n) is 6.79. The summed E-state index contributed by atoms with van der Waals surface area (Å²) in [4.78, 5) is 11.6. The molecule has 1 fully saturated rings. The molecule has 0 unspecified atom stereocenters. The lowest BCUT2D eigenvalue weighted by molar-refractivity contribution is 0.101. The van der Waals surface area contributed by atoms with Gasteiger partial charge in [-0.3, -0.25) is 4.79 Å². The number of nitriles is 1. The van der Waals surface area contributed by atoms with Gasteiger partial charge in [-0.2, -0.15) is 5.26 Å². The highest BCUT2D eigenvalue weighted by atomic mass is 16.1. The van der Waals surface area contributed by atoms with E-state index in [0.717, 1.165) is 22.6 Å². The highest BCUT2D eigenvalue weighted by Gasteiger charge is 2.24. The van der Waals surface area contributed by atoms with Crippen LogP contribution in [0.4, 0.5) is 0 Å². The van der Waals surface area contributed by atoms with E-state index in [1.807, 2.05) is 30.3 Å². The molecule has 2 aromatic rings. The second-order valence-corrected chi connectivity index (χ2v) is 8.97. The summed E-state index contributed by atoms with van der Waals surface area (Å²) in [6.45, 7) is 3.87. The summed E-state index contributed by atoms with van der Waals surface area (Å²) in [7, 11) is 0. The van der Waals surface area contributed by atoms with Gasteiger partial charge in [0.25, 0.3) is 0 Å². The maximum absolute atomic E-state index is 11.6. The normalized spacial score (nSPS) is 18.7. The Hall–Kier alpha value is -2.40. The third kappa shape index (κ3) is 5.82. The molecule has 0 heterocycles. The quantitative estimate of drug-likeness (QED) is 0.315. The molecule has 0 spiro atoms. The maximum atomic E-state index is 11.6. The number of carbonyl (C=O) groups is 1. The Bertz CT molecular complexity index is 867. The van der Waals surface area contributed by atoms with E-state index in [1.54, 1.807) is 6.92 Å². The van der Waals surface area contributed by atoms with Crippen LogP contribution in [-0.2, 0) is 0 Å². The van der Waals surface area contributed by atoms with Crippen LogP contribution in [0.3, 0.4) is 0 Å². The molecule has 1 saturated carbocycles. The lowest BCUT2D eigenvalue weighted by Gasteiger charge is -2.30. The summed E-state index contributed by atoms with van der Waals surface area (Å²) in [5, 5.41) is 9.43. The average molecular weight is 402 g/mol. The molecule has 0 amide bonds. The molecule has 0 bridgehead atoms. The van der Waals surface area contributed by atoms with Gasteiger partial charge in [0.05, 0.1) is 11.6 Å². The molecular weight excluding hydrogens is 366 g/mol. The fourth-order valence-corrected chi connectivity index (χ4v) is 4.92. The Balaban J connectivity index is 1.69. The van der Waals surface area contributed by atoms with Crippen molar-refractivity contribution in [3.05, 3.63) is 59.2 Å². The predicted molar refractivity (Wildman–Crippen MR) is 125 cm³/mol. The van der Waals surface area contributed by atoms with Crippen LogP contribution in [0, 0.1) is 17.2 Å². The van der Waals surface area contributed by atoms with Gasteiger partial charge in [0.2, 0.25) is 0 Å². The minimum atomic E-state index is 0.0922. The molecule has 1 aliphatic carbocycles. The Morgan fingerprint density at radius 3 is 2.30 bits per heavy atom. The van der Waals surface area contributed by atoms with Gasteiger partial charge < -0.3 is 0 Å². The number of nitrogens with zero attached hydrogens (tertiary/aromatic N) is 1. The monoisotopic (exact) mass is 401 g/mol. The predicted octanol–water partition coefficient (Wildman–Crippen LogP) is 8.06. The van der Waals surface area contributed by atoms with E-state index in [-0.39, 0.29) is 5.78 Å². The number of Topliss-reactive ketones (excluding diaryl/α,β-unsaturated/α-hetero) is 1. The zero-order valence-corrected chi connectivity index (χ0v) is 18.6. The van der Waals surface area contributed by atoms with Crippen molar-refractivity contribution in [3.8, 4) is 17.2 Å². The van der Waals surface area contributed by atoms with Crippen LogP contribution in [0.25, 0.3) is 11.1 Å². The van der Waals surface area contributed by atoms with Gasteiger partial charge >= 0.3 is 0 Å². The van der Waals surface area contributed by atoms with Crippen LogP contribution in [0.5, 0.6) is 0 Å². The van der Waals surface area contributed by atoms with Crippen molar-refractivity contribution >= 4 is 5.78 Å².